The fourth-order valence-electron chi connectivity index (χ4n) is 2.40. The van der Waals surface area contributed by atoms with E-state index in [-0.39, 0.29) is 0 Å². The average Bonchev–Trinajstić information content (AvgIpc) is 2.72. The van der Waals surface area contributed by atoms with E-state index in [4.69, 9.17) is 5.73 Å². The summed E-state index contributed by atoms with van der Waals surface area (Å²) in [6.45, 7) is 4.43. The van der Waals surface area contributed by atoms with Crippen LogP contribution in [0.1, 0.15) is 44.6 Å². The zero-order valence-electron chi connectivity index (χ0n) is 10.9. The van der Waals surface area contributed by atoms with Crippen molar-refractivity contribution < 1.29 is 0 Å². The summed E-state index contributed by atoms with van der Waals surface area (Å²) in [6, 6.07) is 9.22. The molecule has 0 aromatic heterocycles. The van der Waals surface area contributed by atoms with E-state index in [1.165, 1.54) is 29.9 Å². The molecule has 1 aromatic rings. The number of thioether (sulfide) groups is 1. The van der Waals surface area contributed by atoms with Gasteiger partial charge in [-0.3, -0.25) is 0 Å². The molecule has 2 unspecified atom stereocenters. The summed E-state index contributed by atoms with van der Waals surface area (Å²) < 4.78 is 0. The van der Waals surface area contributed by atoms with Crippen LogP contribution in [0.25, 0.3) is 0 Å². The Kier molecular flexibility index (Phi) is 4.52. The molecular formula is C15H23NS. The molecule has 0 aliphatic carbocycles. The molecule has 2 N–H and O–H groups in total. The minimum absolute atomic E-state index is 0.374. The second-order valence-electron chi connectivity index (χ2n) is 5.38. The van der Waals surface area contributed by atoms with E-state index in [0.717, 1.165) is 5.92 Å². The molecule has 0 bridgehead atoms. The first-order valence-electron chi connectivity index (χ1n) is 6.65. The lowest BCUT2D eigenvalue weighted by molar-refractivity contribution is 0.438. The molecule has 2 atom stereocenters. The summed E-state index contributed by atoms with van der Waals surface area (Å²) >= 11 is 2.01. The lowest BCUT2D eigenvalue weighted by Crippen LogP contribution is -2.26. The molecule has 94 valence electrons. The van der Waals surface area contributed by atoms with Crippen LogP contribution in [0.2, 0.25) is 0 Å². The van der Waals surface area contributed by atoms with Crippen molar-refractivity contribution in [3.63, 3.8) is 0 Å². The Morgan fingerprint density at radius 2 is 2.12 bits per heavy atom. The predicted molar refractivity (Wildman–Crippen MR) is 76.6 cm³/mol. The highest BCUT2D eigenvalue weighted by atomic mass is 32.2. The number of rotatable bonds is 5. The maximum absolute atomic E-state index is 6.09. The van der Waals surface area contributed by atoms with E-state index >= 15 is 0 Å². The Balaban J connectivity index is 1.82. The smallest absolute Gasteiger partial charge is 0.0107 e. The van der Waals surface area contributed by atoms with Crippen molar-refractivity contribution in [1.82, 2.24) is 0 Å². The van der Waals surface area contributed by atoms with Gasteiger partial charge in [-0.25, -0.2) is 0 Å². The van der Waals surface area contributed by atoms with Gasteiger partial charge in [0, 0.05) is 16.7 Å². The van der Waals surface area contributed by atoms with Crippen LogP contribution >= 0.6 is 11.8 Å². The largest absolute Gasteiger partial charge is 0.327 e. The van der Waals surface area contributed by atoms with E-state index in [1.54, 1.807) is 5.56 Å². The second-order valence-corrected chi connectivity index (χ2v) is 6.45. The monoisotopic (exact) mass is 249 g/mol. The fourth-order valence-corrected chi connectivity index (χ4v) is 3.70. The summed E-state index contributed by atoms with van der Waals surface area (Å²) in [5.41, 5.74) is 7.66. The number of benzene rings is 1. The highest BCUT2D eigenvalue weighted by Gasteiger charge is 2.22. The van der Waals surface area contributed by atoms with Gasteiger partial charge in [-0.2, -0.15) is 0 Å². The zero-order chi connectivity index (χ0) is 12.3. The van der Waals surface area contributed by atoms with E-state index in [9.17, 15) is 0 Å². The van der Waals surface area contributed by atoms with Crippen LogP contribution in [0.4, 0.5) is 0 Å². The van der Waals surface area contributed by atoms with Crippen LogP contribution in [0, 0.1) is 5.92 Å². The van der Waals surface area contributed by atoms with Gasteiger partial charge in [0.15, 0.2) is 0 Å². The maximum atomic E-state index is 6.09. The highest BCUT2D eigenvalue weighted by Crippen LogP contribution is 2.41. The van der Waals surface area contributed by atoms with Crippen LogP contribution in [0.15, 0.2) is 29.2 Å². The Morgan fingerprint density at radius 1 is 1.35 bits per heavy atom. The second kappa shape index (κ2) is 5.92. The van der Waals surface area contributed by atoms with Crippen molar-refractivity contribution in [1.29, 1.82) is 0 Å². The summed E-state index contributed by atoms with van der Waals surface area (Å²) in [4.78, 5) is 1.49. The van der Waals surface area contributed by atoms with Gasteiger partial charge in [0.25, 0.3) is 0 Å². The SMILES string of the molecule is CC(C)C(N)CCCC1CSc2ccccc21. The molecule has 0 radical (unpaired) electrons. The van der Waals surface area contributed by atoms with Gasteiger partial charge >= 0.3 is 0 Å². The first kappa shape index (κ1) is 13.0. The van der Waals surface area contributed by atoms with Gasteiger partial charge in [-0.05, 0) is 36.3 Å². The lowest BCUT2D eigenvalue weighted by atomic mass is 9.92. The van der Waals surface area contributed by atoms with Crippen LogP contribution in [0.5, 0.6) is 0 Å². The predicted octanol–water partition coefficient (Wildman–Crippen LogP) is 4.03. The van der Waals surface area contributed by atoms with Gasteiger partial charge in [0.05, 0.1) is 0 Å². The molecule has 1 aromatic carbocycles. The normalized spacial score (nSPS) is 20.6. The average molecular weight is 249 g/mol. The number of hydrogen-bond donors (Lipinski definition) is 1. The summed E-state index contributed by atoms with van der Waals surface area (Å²) in [6.07, 6.45) is 3.73. The van der Waals surface area contributed by atoms with Crippen molar-refractivity contribution in [2.75, 3.05) is 5.75 Å². The number of hydrogen-bond acceptors (Lipinski definition) is 2. The number of fused-ring (bicyclic) bond motifs is 1. The minimum Gasteiger partial charge on any atom is -0.327 e. The van der Waals surface area contributed by atoms with Crippen molar-refractivity contribution in [2.24, 2.45) is 11.7 Å². The standard InChI is InChI=1S/C15H23NS/c1-11(2)14(16)8-5-6-12-10-17-15-9-4-3-7-13(12)15/h3-4,7,9,11-12,14H,5-6,8,10,16H2,1-2H3. The molecule has 1 aliphatic heterocycles. The van der Waals surface area contributed by atoms with Crippen LogP contribution in [-0.2, 0) is 0 Å². The van der Waals surface area contributed by atoms with Crippen molar-refractivity contribution >= 4 is 11.8 Å². The molecule has 2 rings (SSSR count). The third kappa shape index (κ3) is 3.26. The maximum Gasteiger partial charge on any atom is 0.0107 e. The molecule has 0 amide bonds. The van der Waals surface area contributed by atoms with E-state index < -0.39 is 0 Å². The van der Waals surface area contributed by atoms with Crippen LogP contribution in [-0.4, -0.2) is 11.8 Å². The van der Waals surface area contributed by atoms with Crippen molar-refractivity contribution in [3.8, 4) is 0 Å². The van der Waals surface area contributed by atoms with Crippen molar-refractivity contribution in [3.05, 3.63) is 29.8 Å². The Labute approximate surface area is 109 Å². The molecule has 2 heteroatoms. The molecule has 1 nitrogen and oxygen atoms in total. The summed E-state index contributed by atoms with van der Waals surface area (Å²) in [5.74, 6) is 2.63. The molecule has 1 aliphatic rings. The number of nitrogens with two attached hydrogens (primary N) is 1. The molecule has 1 heterocycles. The third-order valence-corrected chi connectivity index (χ3v) is 5.00. The minimum atomic E-state index is 0.374. The lowest BCUT2D eigenvalue weighted by Gasteiger charge is -2.17. The van der Waals surface area contributed by atoms with E-state index in [0.29, 0.717) is 12.0 Å². The molecular weight excluding hydrogens is 226 g/mol. The molecule has 0 fully saturated rings. The van der Waals surface area contributed by atoms with Gasteiger partial charge in [-0.15, -0.1) is 11.8 Å². The van der Waals surface area contributed by atoms with E-state index in [1.807, 2.05) is 11.8 Å². The first-order chi connectivity index (χ1) is 8.18. The molecule has 0 saturated heterocycles. The first-order valence-corrected chi connectivity index (χ1v) is 7.64. The van der Waals surface area contributed by atoms with Gasteiger partial charge in [0.1, 0.15) is 0 Å². The van der Waals surface area contributed by atoms with Crippen molar-refractivity contribution in [2.45, 2.75) is 50.0 Å². The highest BCUT2D eigenvalue weighted by molar-refractivity contribution is 7.99. The molecule has 17 heavy (non-hydrogen) atoms. The van der Waals surface area contributed by atoms with E-state index in [2.05, 4.69) is 38.1 Å². The topological polar surface area (TPSA) is 26.0 Å². The summed E-state index contributed by atoms with van der Waals surface area (Å²) in [5, 5.41) is 0. The van der Waals surface area contributed by atoms with Gasteiger partial charge in [-0.1, -0.05) is 38.5 Å². The Hall–Kier alpha value is -0.470. The van der Waals surface area contributed by atoms with Gasteiger partial charge in [0.2, 0.25) is 0 Å². The molecule has 0 saturated carbocycles. The Morgan fingerprint density at radius 3 is 2.88 bits per heavy atom. The van der Waals surface area contributed by atoms with Crippen LogP contribution < -0.4 is 5.73 Å². The summed E-state index contributed by atoms with van der Waals surface area (Å²) in [7, 11) is 0. The van der Waals surface area contributed by atoms with Gasteiger partial charge < -0.3 is 5.73 Å². The fraction of sp³-hybridized carbons (Fsp3) is 0.600. The zero-order valence-corrected chi connectivity index (χ0v) is 11.7. The Bertz CT molecular complexity index is 362. The molecule has 0 spiro atoms. The quantitative estimate of drug-likeness (QED) is 0.852. The third-order valence-electron chi connectivity index (χ3n) is 3.75. The van der Waals surface area contributed by atoms with Crippen LogP contribution in [0.3, 0.4) is 0 Å².